The quantitative estimate of drug-likeness (QED) is 0.888. The number of carbonyl (C=O) groups is 1. The van der Waals surface area contributed by atoms with Crippen molar-refractivity contribution in [3.8, 4) is 0 Å². The minimum absolute atomic E-state index is 0.179. The Morgan fingerprint density at radius 1 is 1.00 bits per heavy atom. The van der Waals surface area contributed by atoms with Crippen molar-refractivity contribution in [2.75, 3.05) is 25.0 Å². The Kier molecular flexibility index (Phi) is 5.17. The Labute approximate surface area is 148 Å². The first-order valence-corrected chi connectivity index (χ1v) is 9.51. The average Bonchev–Trinajstić information content (AvgIpc) is 2.85. The highest BCUT2D eigenvalue weighted by atomic mass is 32.2. The molecule has 1 fully saturated rings. The fraction of sp³-hybridized carbons (Fsp3) is 0.278. The van der Waals surface area contributed by atoms with Crippen molar-refractivity contribution in [1.29, 1.82) is 0 Å². The van der Waals surface area contributed by atoms with E-state index in [1.54, 1.807) is 6.07 Å². The average molecular weight is 359 g/mol. The second-order valence-electron chi connectivity index (χ2n) is 6.02. The molecule has 0 atom stereocenters. The highest BCUT2D eigenvalue weighted by Gasteiger charge is 2.37. The van der Waals surface area contributed by atoms with Gasteiger partial charge in [0.2, 0.25) is 5.91 Å². The molecule has 1 heterocycles. The molecule has 7 heteroatoms. The molecule has 0 radical (unpaired) electrons. The van der Waals surface area contributed by atoms with Gasteiger partial charge in [0, 0.05) is 25.3 Å². The van der Waals surface area contributed by atoms with Crippen LogP contribution in [0.5, 0.6) is 0 Å². The van der Waals surface area contributed by atoms with E-state index >= 15 is 0 Å². The first-order valence-electron chi connectivity index (χ1n) is 8.11. The second-order valence-corrected chi connectivity index (χ2v) is 7.95. The minimum Gasteiger partial charge on any atom is -0.325 e. The Hall–Kier alpha value is -2.22. The summed E-state index contributed by atoms with van der Waals surface area (Å²) in [7, 11) is -3.62. The van der Waals surface area contributed by atoms with Crippen LogP contribution in [0.15, 0.2) is 54.6 Å². The highest BCUT2D eigenvalue weighted by molar-refractivity contribution is 7.87. The fourth-order valence-electron chi connectivity index (χ4n) is 2.79. The van der Waals surface area contributed by atoms with Crippen molar-refractivity contribution in [1.82, 2.24) is 8.61 Å². The number of rotatable bonds is 5. The van der Waals surface area contributed by atoms with Crippen LogP contribution in [0.1, 0.15) is 11.1 Å². The molecule has 2 aromatic carbocycles. The Balaban J connectivity index is 1.64. The largest absolute Gasteiger partial charge is 0.325 e. The van der Waals surface area contributed by atoms with Crippen molar-refractivity contribution < 1.29 is 13.2 Å². The molecule has 0 aliphatic carbocycles. The Bertz CT molecular complexity index is 853. The van der Waals surface area contributed by atoms with Crippen molar-refractivity contribution in [2.24, 2.45) is 0 Å². The summed E-state index contributed by atoms with van der Waals surface area (Å²) in [6.45, 7) is 2.73. The summed E-state index contributed by atoms with van der Waals surface area (Å²) >= 11 is 0. The molecule has 1 N–H and O–H groups in total. The molecule has 0 unspecified atom stereocenters. The van der Waals surface area contributed by atoms with Gasteiger partial charge in [0.05, 0.1) is 6.54 Å². The van der Waals surface area contributed by atoms with E-state index in [2.05, 4.69) is 5.32 Å². The van der Waals surface area contributed by atoms with Crippen LogP contribution < -0.4 is 5.32 Å². The predicted octanol–water partition coefficient (Wildman–Crippen LogP) is 2.00. The van der Waals surface area contributed by atoms with E-state index in [-0.39, 0.29) is 12.5 Å². The number of aryl methyl sites for hydroxylation is 1. The normalized spacial score (nSPS) is 17.5. The van der Waals surface area contributed by atoms with Crippen LogP contribution in [0.25, 0.3) is 0 Å². The number of carbonyl (C=O) groups excluding carboxylic acids is 1. The van der Waals surface area contributed by atoms with Crippen LogP contribution >= 0.6 is 0 Å². The van der Waals surface area contributed by atoms with Gasteiger partial charge in [0.25, 0.3) is 10.2 Å². The molecule has 0 saturated carbocycles. The number of hydrogen-bond acceptors (Lipinski definition) is 3. The molecule has 132 valence electrons. The predicted molar refractivity (Wildman–Crippen MR) is 97.2 cm³/mol. The van der Waals surface area contributed by atoms with E-state index in [1.807, 2.05) is 55.5 Å². The molecule has 3 rings (SSSR count). The Morgan fingerprint density at radius 3 is 2.36 bits per heavy atom. The van der Waals surface area contributed by atoms with Gasteiger partial charge in [-0.25, -0.2) is 0 Å². The van der Waals surface area contributed by atoms with Crippen LogP contribution in [0.3, 0.4) is 0 Å². The summed E-state index contributed by atoms with van der Waals surface area (Å²) in [6, 6.07) is 16.8. The summed E-state index contributed by atoms with van der Waals surface area (Å²) in [6.07, 6.45) is 0. The molecule has 0 aromatic heterocycles. The molecule has 0 bridgehead atoms. The molecule has 1 aliphatic rings. The number of amides is 1. The first-order chi connectivity index (χ1) is 12.0. The fourth-order valence-corrected chi connectivity index (χ4v) is 4.33. The van der Waals surface area contributed by atoms with Gasteiger partial charge in [-0.15, -0.1) is 0 Å². The van der Waals surface area contributed by atoms with Gasteiger partial charge in [0.15, 0.2) is 0 Å². The third-order valence-electron chi connectivity index (χ3n) is 4.19. The lowest BCUT2D eigenvalue weighted by atomic mass is 10.2. The number of anilines is 1. The third-order valence-corrected chi connectivity index (χ3v) is 6.12. The molecular weight excluding hydrogens is 338 g/mol. The monoisotopic (exact) mass is 359 g/mol. The zero-order valence-corrected chi connectivity index (χ0v) is 14.9. The smallest absolute Gasteiger partial charge is 0.282 e. The van der Waals surface area contributed by atoms with Crippen molar-refractivity contribution in [2.45, 2.75) is 13.5 Å². The van der Waals surface area contributed by atoms with E-state index in [0.717, 1.165) is 11.1 Å². The van der Waals surface area contributed by atoms with E-state index in [1.165, 1.54) is 8.61 Å². The van der Waals surface area contributed by atoms with Crippen LogP contribution in [0, 0.1) is 6.92 Å². The minimum atomic E-state index is -3.62. The number of hydrogen-bond donors (Lipinski definition) is 1. The maximum absolute atomic E-state index is 12.6. The maximum Gasteiger partial charge on any atom is 0.282 e. The molecule has 1 aliphatic heterocycles. The van der Waals surface area contributed by atoms with E-state index in [4.69, 9.17) is 0 Å². The lowest BCUT2D eigenvalue weighted by Gasteiger charge is -2.18. The second kappa shape index (κ2) is 7.35. The molecule has 1 saturated heterocycles. The summed E-state index contributed by atoms with van der Waals surface area (Å²) < 4.78 is 27.9. The van der Waals surface area contributed by atoms with E-state index in [9.17, 15) is 13.2 Å². The molecule has 25 heavy (non-hydrogen) atoms. The van der Waals surface area contributed by atoms with Gasteiger partial charge in [-0.05, 0) is 24.1 Å². The van der Waals surface area contributed by atoms with Crippen molar-refractivity contribution >= 4 is 21.8 Å². The lowest BCUT2D eigenvalue weighted by molar-refractivity contribution is -0.116. The zero-order chi connectivity index (χ0) is 17.9. The molecule has 0 spiro atoms. The molecule has 6 nitrogen and oxygen atoms in total. The highest BCUT2D eigenvalue weighted by Crippen LogP contribution is 2.20. The SMILES string of the molecule is Cc1ccccc1NC(=O)CN1CCN(Cc2ccccc2)S1(=O)=O. The standard InChI is InChI=1S/C18H21N3O3S/c1-15-7-5-6-10-17(15)19-18(22)14-21-12-11-20(25(21,23)24)13-16-8-3-2-4-9-16/h2-10H,11-14H2,1H3,(H,19,22). The van der Waals surface area contributed by atoms with Crippen LogP contribution in [0.2, 0.25) is 0 Å². The van der Waals surface area contributed by atoms with Crippen molar-refractivity contribution in [3.63, 3.8) is 0 Å². The zero-order valence-electron chi connectivity index (χ0n) is 14.1. The molecule has 1 amide bonds. The topological polar surface area (TPSA) is 69.7 Å². The maximum atomic E-state index is 12.6. The third kappa shape index (κ3) is 4.07. The van der Waals surface area contributed by atoms with Crippen molar-refractivity contribution in [3.05, 3.63) is 65.7 Å². The van der Waals surface area contributed by atoms with Crippen LogP contribution in [-0.4, -0.2) is 42.6 Å². The Morgan fingerprint density at radius 2 is 1.64 bits per heavy atom. The van der Waals surface area contributed by atoms with Gasteiger partial charge in [-0.2, -0.15) is 17.0 Å². The van der Waals surface area contributed by atoms with Gasteiger partial charge in [0.1, 0.15) is 0 Å². The molecular formula is C18H21N3O3S. The number of benzene rings is 2. The van der Waals surface area contributed by atoms with E-state index < -0.39 is 10.2 Å². The summed E-state index contributed by atoms with van der Waals surface area (Å²) in [5.41, 5.74) is 2.56. The number of para-hydroxylation sites is 1. The summed E-state index contributed by atoms with van der Waals surface area (Å²) in [5.74, 6) is -0.334. The molecule has 2 aromatic rings. The summed E-state index contributed by atoms with van der Waals surface area (Å²) in [4.78, 5) is 12.2. The van der Waals surface area contributed by atoms with Gasteiger partial charge in [-0.1, -0.05) is 48.5 Å². The number of nitrogens with one attached hydrogen (secondary N) is 1. The van der Waals surface area contributed by atoms with E-state index in [0.29, 0.717) is 25.3 Å². The van der Waals surface area contributed by atoms with Gasteiger partial charge in [-0.3, -0.25) is 4.79 Å². The van der Waals surface area contributed by atoms with Crippen LogP contribution in [-0.2, 0) is 21.5 Å². The first kappa shape index (κ1) is 17.6. The number of nitrogens with zero attached hydrogens (tertiary/aromatic N) is 2. The lowest BCUT2D eigenvalue weighted by Crippen LogP contribution is -2.37. The van der Waals surface area contributed by atoms with Gasteiger partial charge < -0.3 is 5.32 Å². The summed E-state index contributed by atoms with van der Waals surface area (Å²) in [5, 5.41) is 2.78. The van der Waals surface area contributed by atoms with Gasteiger partial charge >= 0.3 is 0 Å². The van der Waals surface area contributed by atoms with Crippen LogP contribution in [0.4, 0.5) is 5.69 Å².